The first-order chi connectivity index (χ1) is 13.1. The first-order valence-corrected chi connectivity index (χ1v) is 10.4. The van der Waals surface area contributed by atoms with Gasteiger partial charge in [0, 0.05) is 11.9 Å². The first-order valence-electron chi connectivity index (χ1n) is 9.01. The Morgan fingerprint density at radius 3 is 2.61 bits per heavy atom. The van der Waals surface area contributed by atoms with Gasteiger partial charge in [-0.15, -0.1) is 0 Å². The Morgan fingerprint density at radius 1 is 1.18 bits per heavy atom. The molecule has 0 saturated carbocycles. The fraction of sp³-hybridized carbons (Fsp3) is 0.286. The maximum absolute atomic E-state index is 11.5. The number of aromatic nitrogens is 1. The van der Waals surface area contributed by atoms with E-state index in [0.29, 0.717) is 18.7 Å². The molecule has 28 heavy (non-hydrogen) atoms. The topological polar surface area (TPSA) is 105 Å². The standard InChI is InChI=1S/C21H25N3O3S/c1-14-8-9-16(28(25,26)27)10-15(14)11-21(2,3)13-24-20-17-6-4-5-7-19(17)23-12-18(20)22/h4-10,12H,11,13,22H2,1-3H3,(H,23,24)(H,25,26,27). The number of hydrogen-bond acceptors (Lipinski definition) is 5. The Labute approximate surface area is 165 Å². The lowest BCUT2D eigenvalue weighted by atomic mass is 9.84. The van der Waals surface area contributed by atoms with Crippen LogP contribution in [0.1, 0.15) is 25.0 Å². The molecule has 0 aliphatic heterocycles. The normalized spacial score (nSPS) is 12.3. The molecule has 0 radical (unpaired) electrons. The smallest absolute Gasteiger partial charge is 0.294 e. The third kappa shape index (κ3) is 4.43. The van der Waals surface area contributed by atoms with Crippen molar-refractivity contribution in [3.8, 4) is 0 Å². The number of hydrogen-bond donors (Lipinski definition) is 3. The monoisotopic (exact) mass is 399 g/mol. The lowest BCUT2D eigenvalue weighted by molar-refractivity contribution is 0.388. The second kappa shape index (κ2) is 7.41. The summed E-state index contributed by atoms with van der Waals surface area (Å²) in [4.78, 5) is 4.27. The van der Waals surface area contributed by atoms with E-state index in [2.05, 4.69) is 24.1 Å². The molecule has 2 aromatic carbocycles. The molecule has 0 aliphatic rings. The van der Waals surface area contributed by atoms with Gasteiger partial charge < -0.3 is 11.1 Å². The maximum Gasteiger partial charge on any atom is 0.294 e. The molecule has 7 heteroatoms. The number of anilines is 2. The van der Waals surface area contributed by atoms with E-state index in [1.807, 2.05) is 31.2 Å². The van der Waals surface area contributed by atoms with Crippen LogP contribution in [0.2, 0.25) is 0 Å². The van der Waals surface area contributed by atoms with Crippen LogP contribution in [0.5, 0.6) is 0 Å². The second-order valence-electron chi connectivity index (χ2n) is 7.86. The fourth-order valence-electron chi connectivity index (χ4n) is 3.26. The molecule has 3 aromatic rings. The van der Waals surface area contributed by atoms with Crippen LogP contribution < -0.4 is 11.1 Å². The van der Waals surface area contributed by atoms with Crippen LogP contribution in [0.4, 0.5) is 11.4 Å². The van der Waals surface area contributed by atoms with Crippen LogP contribution in [0, 0.1) is 12.3 Å². The van der Waals surface area contributed by atoms with Crippen molar-refractivity contribution in [2.24, 2.45) is 5.41 Å². The Morgan fingerprint density at radius 2 is 1.89 bits per heavy atom. The van der Waals surface area contributed by atoms with Crippen LogP contribution in [-0.4, -0.2) is 24.5 Å². The number of nitrogen functional groups attached to an aromatic ring is 1. The van der Waals surface area contributed by atoms with Crippen LogP contribution in [0.3, 0.4) is 0 Å². The molecule has 3 rings (SSSR count). The Balaban J connectivity index is 1.83. The minimum Gasteiger partial charge on any atom is -0.396 e. The number of fused-ring (bicyclic) bond motifs is 1. The zero-order valence-electron chi connectivity index (χ0n) is 16.2. The minimum absolute atomic E-state index is 0.0822. The Hall–Kier alpha value is -2.64. The van der Waals surface area contributed by atoms with Crippen molar-refractivity contribution in [3.05, 3.63) is 59.8 Å². The number of benzene rings is 2. The highest BCUT2D eigenvalue weighted by molar-refractivity contribution is 7.85. The molecule has 1 aromatic heterocycles. The quantitative estimate of drug-likeness (QED) is 0.540. The van der Waals surface area contributed by atoms with E-state index in [9.17, 15) is 13.0 Å². The Bertz CT molecular complexity index is 1120. The SMILES string of the molecule is Cc1ccc(S(=O)(=O)O)cc1CC(C)(C)CNc1c(N)cnc2ccccc12. The number of nitrogens with zero attached hydrogens (tertiary/aromatic N) is 1. The highest BCUT2D eigenvalue weighted by Gasteiger charge is 2.22. The number of rotatable bonds is 6. The molecule has 0 unspecified atom stereocenters. The van der Waals surface area contributed by atoms with E-state index >= 15 is 0 Å². The average Bonchev–Trinajstić information content (AvgIpc) is 2.61. The largest absolute Gasteiger partial charge is 0.396 e. The van der Waals surface area contributed by atoms with Gasteiger partial charge in [0.25, 0.3) is 10.1 Å². The van der Waals surface area contributed by atoms with Gasteiger partial charge in [0.05, 0.1) is 28.0 Å². The molecule has 0 fully saturated rings. The van der Waals surface area contributed by atoms with Crippen molar-refractivity contribution >= 4 is 32.4 Å². The summed E-state index contributed by atoms with van der Waals surface area (Å²) in [5.74, 6) is 0. The number of para-hydroxylation sites is 1. The number of aryl methyl sites for hydroxylation is 1. The van der Waals surface area contributed by atoms with Gasteiger partial charge in [-0.25, -0.2) is 0 Å². The Kier molecular flexibility index (Phi) is 5.32. The average molecular weight is 400 g/mol. The highest BCUT2D eigenvalue weighted by Crippen LogP contribution is 2.31. The maximum atomic E-state index is 11.5. The summed E-state index contributed by atoms with van der Waals surface area (Å²) < 4.78 is 32.2. The van der Waals surface area contributed by atoms with E-state index in [1.165, 1.54) is 6.07 Å². The summed E-state index contributed by atoms with van der Waals surface area (Å²) in [6.45, 7) is 6.75. The number of nitrogens with two attached hydrogens (primary N) is 1. The van der Waals surface area contributed by atoms with Crippen molar-refractivity contribution in [2.45, 2.75) is 32.1 Å². The van der Waals surface area contributed by atoms with Crippen LogP contribution in [0.15, 0.2) is 53.6 Å². The van der Waals surface area contributed by atoms with Crippen molar-refractivity contribution in [2.75, 3.05) is 17.6 Å². The van der Waals surface area contributed by atoms with Gasteiger partial charge in [-0.3, -0.25) is 9.54 Å². The minimum atomic E-state index is -4.22. The van der Waals surface area contributed by atoms with E-state index < -0.39 is 10.1 Å². The van der Waals surface area contributed by atoms with Gasteiger partial charge in [-0.05, 0) is 48.1 Å². The van der Waals surface area contributed by atoms with Crippen LogP contribution >= 0.6 is 0 Å². The molecular formula is C21H25N3O3S. The van der Waals surface area contributed by atoms with Crippen molar-refractivity contribution in [1.29, 1.82) is 0 Å². The molecule has 6 nitrogen and oxygen atoms in total. The predicted molar refractivity (Wildman–Crippen MR) is 113 cm³/mol. The van der Waals surface area contributed by atoms with E-state index in [0.717, 1.165) is 27.7 Å². The molecule has 0 saturated heterocycles. The van der Waals surface area contributed by atoms with E-state index in [4.69, 9.17) is 5.73 Å². The fourth-order valence-corrected chi connectivity index (χ4v) is 3.79. The van der Waals surface area contributed by atoms with E-state index in [-0.39, 0.29) is 10.3 Å². The molecule has 148 valence electrons. The molecule has 0 aliphatic carbocycles. The summed E-state index contributed by atoms with van der Waals surface area (Å²) in [6.07, 6.45) is 2.29. The van der Waals surface area contributed by atoms with E-state index in [1.54, 1.807) is 18.3 Å². The van der Waals surface area contributed by atoms with Crippen LogP contribution in [-0.2, 0) is 16.5 Å². The number of pyridine rings is 1. The third-order valence-corrected chi connectivity index (χ3v) is 5.69. The molecular weight excluding hydrogens is 374 g/mol. The number of nitrogens with one attached hydrogen (secondary N) is 1. The summed E-state index contributed by atoms with van der Waals surface area (Å²) in [6, 6.07) is 12.5. The van der Waals surface area contributed by atoms with Gasteiger partial charge in [0.15, 0.2) is 0 Å². The molecule has 4 N–H and O–H groups in total. The van der Waals surface area contributed by atoms with Crippen LogP contribution in [0.25, 0.3) is 10.9 Å². The lowest BCUT2D eigenvalue weighted by Gasteiger charge is -2.27. The summed E-state index contributed by atoms with van der Waals surface area (Å²) in [5, 5.41) is 4.41. The van der Waals surface area contributed by atoms with Gasteiger partial charge in [-0.1, -0.05) is 38.1 Å². The molecule has 0 atom stereocenters. The summed E-state index contributed by atoms with van der Waals surface area (Å²) in [7, 11) is -4.22. The zero-order chi connectivity index (χ0) is 20.5. The van der Waals surface area contributed by atoms with Gasteiger partial charge in [0.2, 0.25) is 0 Å². The zero-order valence-corrected chi connectivity index (χ0v) is 17.0. The second-order valence-corrected chi connectivity index (χ2v) is 9.29. The van der Waals surface area contributed by atoms with Crippen molar-refractivity contribution in [3.63, 3.8) is 0 Å². The lowest BCUT2D eigenvalue weighted by Crippen LogP contribution is -2.26. The first kappa shape index (κ1) is 20.1. The van der Waals surface area contributed by atoms with Crippen molar-refractivity contribution in [1.82, 2.24) is 4.98 Å². The predicted octanol–water partition coefficient (Wildman–Crippen LogP) is 4.05. The van der Waals surface area contributed by atoms with Gasteiger partial charge in [0.1, 0.15) is 0 Å². The third-order valence-electron chi connectivity index (χ3n) is 4.84. The summed E-state index contributed by atoms with van der Waals surface area (Å²) >= 11 is 0. The summed E-state index contributed by atoms with van der Waals surface area (Å²) in [5.41, 5.74) is 10.1. The van der Waals surface area contributed by atoms with Crippen molar-refractivity contribution < 1.29 is 13.0 Å². The highest BCUT2D eigenvalue weighted by atomic mass is 32.2. The van der Waals surface area contributed by atoms with Gasteiger partial charge >= 0.3 is 0 Å². The molecule has 0 spiro atoms. The molecule has 0 amide bonds. The molecule has 0 bridgehead atoms. The van der Waals surface area contributed by atoms with Gasteiger partial charge in [-0.2, -0.15) is 8.42 Å². The molecule has 1 heterocycles.